The van der Waals surface area contributed by atoms with Crippen molar-refractivity contribution in [2.24, 2.45) is 17.6 Å². The summed E-state index contributed by atoms with van der Waals surface area (Å²) in [5.41, 5.74) is 9.68. The van der Waals surface area contributed by atoms with Gasteiger partial charge >= 0.3 is 0 Å². The van der Waals surface area contributed by atoms with Crippen LogP contribution in [0.5, 0.6) is 0 Å². The fourth-order valence-corrected chi connectivity index (χ4v) is 4.97. The Morgan fingerprint density at radius 1 is 1.21 bits per heavy atom. The number of benzene rings is 1. The number of thiazole rings is 1. The molecule has 2 fully saturated rings. The normalized spacial score (nSPS) is 28.5. The number of fused-ring (bicyclic) bond motifs is 3. The predicted molar refractivity (Wildman–Crippen MR) is 103 cm³/mol. The van der Waals surface area contributed by atoms with Gasteiger partial charge in [0.1, 0.15) is 0 Å². The SMILES string of the molecule is Cl.Cl.NC1CC2CCCC(C1)C2NC(=O)c1ccc2ncsc2c1. The van der Waals surface area contributed by atoms with E-state index in [0.29, 0.717) is 23.9 Å². The van der Waals surface area contributed by atoms with Crippen LogP contribution in [0.25, 0.3) is 10.2 Å². The fourth-order valence-electron chi connectivity index (χ4n) is 4.26. The second kappa shape index (κ2) is 8.00. The molecule has 2 unspecified atom stereocenters. The van der Waals surface area contributed by atoms with Gasteiger partial charge in [-0.15, -0.1) is 36.2 Å². The standard InChI is InChI=1S/C17H21N3OS.2ClH/c18-13-6-10-2-1-3-11(7-13)16(10)20-17(21)12-4-5-14-15(8-12)22-9-19-14;;/h4-5,8-11,13,16H,1-3,6-7,18H2,(H,20,21);2*1H. The number of hydrogen-bond donors (Lipinski definition) is 2. The van der Waals surface area contributed by atoms with Gasteiger partial charge in [0.15, 0.2) is 0 Å². The third kappa shape index (κ3) is 3.69. The Morgan fingerprint density at radius 3 is 2.62 bits per heavy atom. The first-order valence-corrected chi connectivity index (χ1v) is 8.98. The zero-order valence-corrected chi connectivity index (χ0v) is 15.8. The molecule has 7 heteroatoms. The third-order valence-corrected chi connectivity index (χ3v) is 6.06. The first-order chi connectivity index (χ1) is 10.7. The van der Waals surface area contributed by atoms with E-state index in [1.54, 1.807) is 11.3 Å². The van der Waals surface area contributed by atoms with Crippen molar-refractivity contribution in [3.63, 3.8) is 0 Å². The number of nitrogens with two attached hydrogens (primary N) is 1. The minimum atomic E-state index is 0. The van der Waals surface area contributed by atoms with E-state index in [0.717, 1.165) is 28.6 Å². The largest absolute Gasteiger partial charge is 0.349 e. The Hall–Kier alpha value is -0.880. The van der Waals surface area contributed by atoms with E-state index >= 15 is 0 Å². The third-order valence-electron chi connectivity index (χ3n) is 5.27. The molecular formula is C17H23Cl2N3OS. The summed E-state index contributed by atoms with van der Waals surface area (Å²) < 4.78 is 1.07. The highest BCUT2D eigenvalue weighted by Gasteiger charge is 2.39. The zero-order valence-electron chi connectivity index (χ0n) is 13.3. The van der Waals surface area contributed by atoms with Crippen LogP contribution in [0, 0.1) is 11.8 Å². The average Bonchev–Trinajstić information content (AvgIpc) is 2.95. The van der Waals surface area contributed by atoms with Crippen LogP contribution in [0.15, 0.2) is 23.7 Å². The monoisotopic (exact) mass is 387 g/mol. The lowest BCUT2D eigenvalue weighted by molar-refractivity contribution is 0.0756. The van der Waals surface area contributed by atoms with Gasteiger partial charge < -0.3 is 11.1 Å². The minimum Gasteiger partial charge on any atom is -0.349 e. The number of carbonyl (C=O) groups excluding carboxylic acids is 1. The molecule has 1 aromatic carbocycles. The van der Waals surface area contributed by atoms with E-state index < -0.39 is 0 Å². The molecule has 2 saturated carbocycles. The van der Waals surface area contributed by atoms with Crippen LogP contribution in [-0.4, -0.2) is 23.0 Å². The Kier molecular flexibility index (Phi) is 6.48. The van der Waals surface area contributed by atoms with Gasteiger partial charge in [-0.1, -0.05) is 6.42 Å². The van der Waals surface area contributed by atoms with E-state index in [1.165, 1.54) is 19.3 Å². The van der Waals surface area contributed by atoms with Crippen molar-refractivity contribution in [3.8, 4) is 0 Å². The Balaban J connectivity index is 0.00000104. The quantitative estimate of drug-likeness (QED) is 0.823. The molecule has 4 rings (SSSR count). The molecule has 132 valence electrons. The molecule has 2 aromatic rings. The van der Waals surface area contributed by atoms with E-state index in [-0.39, 0.29) is 30.7 Å². The summed E-state index contributed by atoms with van der Waals surface area (Å²) in [6, 6.07) is 6.38. The highest BCUT2D eigenvalue weighted by atomic mass is 35.5. The zero-order chi connectivity index (χ0) is 15.1. The van der Waals surface area contributed by atoms with Gasteiger partial charge in [-0.25, -0.2) is 4.98 Å². The first kappa shape index (κ1) is 19.4. The molecule has 0 aliphatic heterocycles. The molecule has 2 aliphatic carbocycles. The van der Waals surface area contributed by atoms with Crippen LogP contribution < -0.4 is 11.1 Å². The molecule has 1 aromatic heterocycles. The van der Waals surface area contributed by atoms with Crippen LogP contribution in [0.4, 0.5) is 0 Å². The maximum Gasteiger partial charge on any atom is 0.251 e. The van der Waals surface area contributed by atoms with Gasteiger partial charge in [-0.05, 0) is 55.7 Å². The molecule has 0 saturated heterocycles. The lowest BCUT2D eigenvalue weighted by Gasteiger charge is -2.45. The molecule has 2 aliphatic rings. The summed E-state index contributed by atoms with van der Waals surface area (Å²) >= 11 is 1.57. The number of nitrogens with zero attached hydrogens (tertiary/aromatic N) is 1. The van der Waals surface area contributed by atoms with E-state index in [2.05, 4.69) is 10.3 Å². The molecule has 24 heavy (non-hydrogen) atoms. The van der Waals surface area contributed by atoms with E-state index in [9.17, 15) is 4.79 Å². The number of rotatable bonds is 2. The van der Waals surface area contributed by atoms with Crippen molar-refractivity contribution in [1.82, 2.24) is 10.3 Å². The van der Waals surface area contributed by atoms with E-state index in [1.807, 2.05) is 23.7 Å². The van der Waals surface area contributed by atoms with Crippen molar-refractivity contribution in [2.75, 3.05) is 0 Å². The Labute approximate surface area is 158 Å². The van der Waals surface area contributed by atoms with E-state index in [4.69, 9.17) is 5.73 Å². The predicted octanol–water partition coefficient (Wildman–Crippen LogP) is 3.78. The molecule has 3 N–H and O–H groups in total. The number of aromatic nitrogens is 1. The molecule has 2 atom stereocenters. The lowest BCUT2D eigenvalue weighted by atomic mass is 9.67. The maximum absolute atomic E-state index is 12.6. The number of carbonyl (C=O) groups is 1. The van der Waals surface area contributed by atoms with Crippen molar-refractivity contribution in [1.29, 1.82) is 0 Å². The molecular weight excluding hydrogens is 365 g/mol. The van der Waals surface area contributed by atoms with Gasteiger partial charge in [0.2, 0.25) is 0 Å². The molecule has 0 radical (unpaired) electrons. The second-order valence-electron chi connectivity index (χ2n) is 6.72. The highest BCUT2D eigenvalue weighted by Crippen LogP contribution is 2.39. The number of nitrogens with one attached hydrogen (secondary N) is 1. The van der Waals surface area contributed by atoms with Gasteiger partial charge in [0.05, 0.1) is 15.7 Å². The molecule has 2 bridgehead atoms. The smallest absolute Gasteiger partial charge is 0.251 e. The Bertz CT molecular complexity index is 694. The molecule has 1 heterocycles. The van der Waals surface area contributed by atoms with Gasteiger partial charge in [0, 0.05) is 17.6 Å². The van der Waals surface area contributed by atoms with Crippen molar-refractivity contribution in [3.05, 3.63) is 29.3 Å². The highest BCUT2D eigenvalue weighted by molar-refractivity contribution is 7.16. The number of amides is 1. The summed E-state index contributed by atoms with van der Waals surface area (Å²) in [7, 11) is 0. The minimum absolute atomic E-state index is 0. The summed E-state index contributed by atoms with van der Waals surface area (Å²) in [6.07, 6.45) is 5.78. The topological polar surface area (TPSA) is 68.0 Å². The second-order valence-corrected chi connectivity index (χ2v) is 7.60. The van der Waals surface area contributed by atoms with Crippen LogP contribution in [0.3, 0.4) is 0 Å². The Morgan fingerprint density at radius 2 is 1.92 bits per heavy atom. The summed E-state index contributed by atoms with van der Waals surface area (Å²) in [4.78, 5) is 16.9. The first-order valence-electron chi connectivity index (χ1n) is 8.10. The maximum atomic E-state index is 12.6. The van der Waals surface area contributed by atoms with Crippen molar-refractivity contribution < 1.29 is 4.79 Å². The number of hydrogen-bond acceptors (Lipinski definition) is 4. The summed E-state index contributed by atoms with van der Waals surface area (Å²) in [6.45, 7) is 0. The van der Waals surface area contributed by atoms with Crippen molar-refractivity contribution in [2.45, 2.75) is 44.2 Å². The van der Waals surface area contributed by atoms with Crippen molar-refractivity contribution >= 4 is 52.3 Å². The van der Waals surface area contributed by atoms with Crippen LogP contribution in [0.1, 0.15) is 42.5 Å². The number of halogens is 2. The fraction of sp³-hybridized carbons (Fsp3) is 0.529. The van der Waals surface area contributed by atoms with Crippen LogP contribution >= 0.6 is 36.2 Å². The molecule has 4 nitrogen and oxygen atoms in total. The lowest BCUT2D eigenvalue weighted by Crippen LogP contribution is -2.53. The molecule has 0 spiro atoms. The van der Waals surface area contributed by atoms with Gasteiger partial charge in [-0.3, -0.25) is 4.79 Å². The van der Waals surface area contributed by atoms with Crippen LogP contribution in [-0.2, 0) is 0 Å². The average molecular weight is 388 g/mol. The van der Waals surface area contributed by atoms with Gasteiger partial charge in [-0.2, -0.15) is 0 Å². The van der Waals surface area contributed by atoms with Crippen LogP contribution in [0.2, 0.25) is 0 Å². The summed E-state index contributed by atoms with van der Waals surface area (Å²) in [5, 5.41) is 3.30. The molecule has 1 amide bonds. The summed E-state index contributed by atoms with van der Waals surface area (Å²) in [5.74, 6) is 1.16. The van der Waals surface area contributed by atoms with Gasteiger partial charge in [0.25, 0.3) is 5.91 Å².